The number of nitrogens with one attached hydrogen (secondary N) is 1. The fraction of sp³-hybridized carbons (Fsp3) is 1.00. The molecule has 1 aliphatic carbocycles. The van der Waals surface area contributed by atoms with E-state index in [2.05, 4.69) is 19.2 Å². The first-order chi connectivity index (χ1) is 6.66. The molecule has 3 heteroatoms. The highest BCUT2D eigenvalue weighted by Gasteiger charge is 2.29. The van der Waals surface area contributed by atoms with E-state index >= 15 is 0 Å². The lowest BCUT2D eigenvalue weighted by molar-refractivity contribution is -0.120. The van der Waals surface area contributed by atoms with Crippen LogP contribution in [-0.2, 0) is 9.47 Å². The van der Waals surface area contributed by atoms with E-state index in [0.29, 0.717) is 0 Å². The van der Waals surface area contributed by atoms with Gasteiger partial charge in [-0.05, 0) is 32.6 Å². The maximum absolute atomic E-state index is 5.89. The largest absolute Gasteiger partial charge is 0.378 e. The van der Waals surface area contributed by atoms with Gasteiger partial charge in [0.25, 0.3) is 0 Å². The van der Waals surface area contributed by atoms with Gasteiger partial charge in [-0.1, -0.05) is 0 Å². The fourth-order valence-corrected chi connectivity index (χ4v) is 1.81. The number of rotatable bonds is 4. The zero-order valence-corrected chi connectivity index (χ0v) is 9.21. The van der Waals surface area contributed by atoms with Gasteiger partial charge in [-0.15, -0.1) is 0 Å². The Morgan fingerprint density at radius 2 is 2.14 bits per heavy atom. The number of hydrogen-bond acceptors (Lipinski definition) is 3. The molecule has 14 heavy (non-hydrogen) atoms. The molecule has 82 valence electrons. The van der Waals surface area contributed by atoms with Gasteiger partial charge < -0.3 is 14.8 Å². The zero-order chi connectivity index (χ0) is 10.0. The minimum Gasteiger partial charge on any atom is -0.378 e. The van der Waals surface area contributed by atoms with Crippen molar-refractivity contribution in [3.05, 3.63) is 0 Å². The van der Waals surface area contributed by atoms with E-state index in [0.717, 1.165) is 32.2 Å². The molecule has 2 rings (SSSR count). The van der Waals surface area contributed by atoms with Gasteiger partial charge in [0, 0.05) is 19.7 Å². The molecule has 0 radical (unpaired) electrons. The predicted octanol–water partition coefficient (Wildman–Crippen LogP) is 1.18. The summed E-state index contributed by atoms with van der Waals surface area (Å²) in [6.45, 7) is 7.77. The van der Waals surface area contributed by atoms with Crippen molar-refractivity contribution in [2.45, 2.75) is 38.4 Å². The second-order valence-electron chi connectivity index (χ2n) is 5.11. The van der Waals surface area contributed by atoms with Crippen molar-refractivity contribution >= 4 is 0 Å². The zero-order valence-electron chi connectivity index (χ0n) is 9.21. The van der Waals surface area contributed by atoms with Gasteiger partial charge in [0.15, 0.2) is 0 Å². The Morgan fingerprint density at radius 3 is 2.79 bits per heavy atom. The van der Waals surface area contributed by atoms with Crippen LogP contribution in [0.15, 0.2) is 0 Å². The van der Waals surface area contributed by atoms with Gasteiger partial charge in [-0.2, -0.15) is 0 Å². The molecule has 0 aromatic heterocycles. The summed E-state index contributed by atoms with van der Waals surface area (Å²) in [5.41, 5.74) is -0.0359. The van der Waals surface area contributed by atoms with E-state index in [1.165, 1.54) is 12.8 Å². The SMILES string of the molecule is CC1(C)CNCC(COCC2CC2)O1. The Morgan fingerprint density at radius 1 is 1.36 bits per heavy atom. The molecule has 1 saturated carbocycles. The van der Waals surface area contributed by atoms with E-state index in [-0.39, 0.29) is 11.7 Å². The third-order valence-electron chi connectivity index (χ3n) is 2.76. The first-order valence-electron chi connectivity index (χ1n) is 5.62. The lowest BCUT2D eigenvalue weighted by atomic mass is 10.1. The van der Waals surface area contributed by atoms with Gasteiger partial charge in [-0.25, -0.2) is 0 Å². The van der Waals surface area contributed by atoms with Crippen molar-refractivity contribution in [1.82, 2.24) is 5.32 Å². The van der Waals surface area contributed by atoms with Crippen molar-refractivity contribution in [2.75, 3.05) is 26.3 Å². The van der Waals surface area contributed by atoms with Crippen LogP contribution in [0.3, 0.4) is 0 Å². The van der Waals surface area contributed by atoms with Crippen LogP contribution in [0.25, 0.3) is 0 Å². The van der Waals surface area contributed by atoms with Crippen LogP contribution < -0.4 is 5.32 Å². The minimum absolute atomic E-state index is 0.0359. The molecule has 0 bridgehead atoms. The van der Waals surface area contributed by atoms with Crippen LogP contribution in [0.2, 0.25) is 0 Å². The highest BCUT2D eigenvalue weighted by Crippen LogP contribution is 2.29. The molecule has 1 atom stereocenters. The Labute approximate surface area is 86.2 Å². The molecule has 1 heterocycles. The van der Waals surface area contributed by atoms with Gasteiger partial charge in [0.2, 0.25) is 0 Å². The summed E-state index contributed by atoms with van der Waals surface area (Å²) in [6.07, 6.45) is 2.95. The smallest absolute Gasteiger partial charge is 0.0940 e. The summed E-state index contributed by atoms with van der Waals surface area (Å²) in [7, 11) is 0. The Bertz CT molecular complexity index is 190. The molecular weight excluding hydrogens is 178 g/mol. The topological polar surface area (TPSA) is 30.5 Å². The molecule has 1 unspecified atom stereocenters. The Balaban J connectivity index is 1.63. The van der Waals surface area contributed by atoms with E-state index in [9.17, 15) is 0 Å². The third-order valence-corrected chi connectivity index (χ3v) is 2.76. The van der Waals surface area contributed by atoms with Gasteiger partial charge in [-0.3, -0.25) is 0 Å². The van der Waals surface area contributed by atoms with Crippen molar-refractivity contribution in [2.24, 2.45) is 5.92 Å². The normalized spacial score (nSPS) is 31.7. The third kappa shape index (κ3) is 3.23. The molecular formula is C11H21NO2. The molecule has 2 aliphatic rings. The molecule has 1 saturated heterocycles. The predicted molar refractivity (Wildman–Crippen MR) is 55.4 cm³/mol. The molecule has 1 N–H and O–H groups in total. The van der Waals surface area contributed by atoms with Crippen LogP contribution >= 0.6 is 0 Å². The summed E-state index contributed by atoms with van der Waals surface area (Å²) >= 11 is 0. The van der Waals surface area contributed by atoms with Crippen LogP contribution in [0.4, 0.5) is 0 Å². The van der Waals surface area contributed by atoms with E-state index in [1.807, 2.05) is 0 Å². The maximum Gasteiger partial charge on any atom is 0.0940 e. The molecule has 2 fully saturated rings. The highest BCUT2D eigenvalue weighted by molar-refractivity contribution is 4.81. The van der Waals surface area contributed by atoms with Crippen LogP contribution in [0.5, 0.6) is 0 Å². The summed E-state index contributed by atoms with van der Waals surface area (Å²) in [4.78, 5) is 0. The van der Waals surface area contributed by atoms with E-state index in [1.54, 1.807) is 0 Å². The number of morpholine rings is 1. The quantitative estimate of drug-likeness (QED) is 0.737. The average Bonchev–Trinajstić information content (AvgIpc) is 2.86. The van der Waals surface area contributed by atoms with E-state index in [4.69, 9.17) is 9.47 Å². The van der Waals surface area contributed by atoms with E-state index < -0.39 is 0 Å². The fourth-order valence-electron chi connectivity index (χ4n) is 1.81. The number of hydrogen-bond donors (Lipinski definition) is 1. The van der Waals surface area contributed by atoms with Crippen LogP contribution in [0.1, 0.15) is 26.7 Å². The van der Waals surface area contributed by atoms with Crippen molar-refractivity contribution in [1.29, 1.82) is 0 Å². The van der Waals surface area contributed by atoms with Gasteiger partial charge >= 0.3 is 0 Å². The first kappa shape index (κ1) is 10.4. The highest BCUT2D eigenvalue weighted by atomic mass is 16.5. The molecule has 0 aromatic rings. The monoisotopic (exact) mass is 199 g/mol. The standard InChI is InChI=1S/C11H21NO2/c1-11(2)8-12-5-10(14-11)7-13-6-9-3-4-9/h9-10,12H,3-8H2,1-2H3. The average molecular weight is 199 g/mol. The molecule has 3 nitrogen and oxygen atoms in total. The Kier molecular flexibility index (Phi) is 3.10. The molecule has 0 aromatic carbocycles. The van der Waals surface area contributed by atoms with Crippen molar-refractivity contribution < 1.29 is 9.47 Å². The lowest BCUT2D eigenvalue weighted by Gasteiger charge is -2.36. The summed E-state index contributed by atoms with van der Waals surface area (Å²) in [5.74, 6) is 0.847. The molecule has 1 aliphatic heterocycles. The lowest BCUT2D eigenvalue weighted by Crippen LogP contribution is -2.51. The van der Waals surface area contributed by atoms with Gasteiger partial charge in [0.1, 0.15) is 0 Å². The Hall–Kier alpha value is -0.120. The molecule has 0 amide bonds. The minimum atomic E-state index is -0.0359. The second kappa shape index (κ2) is 4.17. The van der Waals surface area contributed by atoms with Crippen molar-refractivity contribution in [3.63, 3.8) is 0 Å². The number of ether oxygens (including phenoxy) is 2. The summed E-state index contributed by atoms with van der Waals surface area (Å²) in [6, 6.07) is 0. The molecule has 0 spiro atoms. The van der Waals surface area contributed by atoms with Gasteiger partial charge in [0.05, 0.1) is 18.3 Å². The van der Waals surface area contributed by atoms with Crippen molar-refractivity contribution in [3.8, 4) is 0 Å². The van der Waals surface area contributed by atoms with Crippen LogP contribution in [-0.4, -0.2) is 38.0 Å². The maximum atomic E-state index is 5.89. The second-order valence-corrected chi connectivity index (χ2v) is 5.11. The van der Waals surface area contributed by atoms with Crippen LogP contribution in [0, 0.1) is 5.92 Å². The first-order valence-corrected chi connectivity index (χ1v) is 5.62. The summed E-state index contributed by atoms with van der Waals surface area (Å²) < 4.78 is 11.5. The summed E-state index contributed by atoms with van der Waals surface area (Å²) in [5, 5.41) is 3.37.